The first-order valence-electron chi connectivity index (χ1n) is 7.04. The Labute approximate surface area is 118 Å². The fraction of sp³-hybridized carbons (Fsp3) is 0.769. The van der Waals surface area contributed by atoms with Crippen molar-refractivity contribution < 1.29 is 19.1 Å². The zero-order chi connectivity index (χ0) is 14.5. The number of rotatable bonds is 6. The Hall–Kier alpha value is -1.63. The molecule has 0 aromatic carbocycles. The van der Waals surface area contributed by atoms with Crippen LogP contribution in [0.15, 0.2) is 0 Å². The second-order valence-corrected chi connectivity index (χ2v) is 5.11. The first-order chi connectivity index (χ1) is 9.60. The van der Waals surface area contributed by atoms with Crippen molar-refractivity contribution in [3.05, 3.63) is 0 Å². The number of carbonyl (C=O) groups excluding carboxylic acids is 3. The molecule has 112 valence electrons. The first-order valence-corrected chi connectivity index (χ1v) is 7.04. The van der Waals surface area contributed by atoms with Crippen molar-refractivity contribution in [2.75, 3.05) is 39.3 Å². The van der Waals surface area contributed by atoms with E-state index in [1.54, 1.807) is 6.92 Å². The lowest BCUT2D eigenvalue weighted by Gasteiger charge is -2.35. The molecule has 7 heteroatoms. The van der Waals surface area contributed by atoms with Crippen molar-refractivity contribution in [2.45, 2.75) is 25.8 Å². The van der Waals surface area contributed by atoms with Crippen molar-refractivity contribution >= 4 is 17.8 Å². The van der Waals surface area contributed by atoms with E-state index in [4.69, 9.17) is 4.74 Å². The summed E-state index contributed by atoms with van der Waals surface area (Å²) in [6.07, 6.45) is 0.372. The Balaban J connectivity index is 1.70. The highest BCUT2D eigenvalue weighted by Gasteiger charge is 2.35. The quantitative estimate of drug-likeness (QED) is 0.672. The summed E-state index contributed by atoms with van der Waals surface area (Å²) in [7, 11) is 0. The third-order valence-electron chi connectivity index (χ3n) is 3.63. The largest absolute Gasteiger partial charge is 0.466 e. The predicted octanol–water partition coefficient (Wildman–Crippen LogP) is -0.392. The van der Waals surface area contributed by atoms with Gasteiger partial charge >= 0.3 is 12.0 Å². The standard InChI is InChI=1S/C13H21N3O4/c1-2-20-12(18)4-3-11(17)9-15-5-6-16-10(8-15)7-14-13(16)19/h10H,2-9H2,1H3,(H,14,19). The van der Waals surface area contributed by atoms with Gasteiger partial charge < -0.3 is 15.0 Å². The van der Waals surface area contributed by atoms with Crippen LogP contribution in [0.25, 0.3) is 0 Å². The molecule has 2 aliphatic rings. The molecule has 2 fully saturated rings. The number of nitrogens with one attached hydrogen (secondary N) is 1. The van der Waals surface area contributed by atoms with Crippen molar-refractivity contribution in [3.8, 4) is 0 Å². The van der Waals surface area contributed by atoms with Crippen molar-refractivity contribution in [1.29, 1.82) is 0 Å². The highest BCUT2D eigenvalue weighted by atomic mass is 16.5. The van der Waals surface area contributed by atoms with Crippen molar-refractivity contribution in [3.63, 3.8) is 0 Å². The SMILES string of the molecule is CCOC(=O)CCC(=O)CN1CCN2C(=O)NCC2C1. The molecule has 1 unspecified atom stereocenters. The van der Waals surface area contributed by atoms with E-state index in [1.807, 2.05) is 4.90 Å². The fourth-order valence-electron chi connectivity index (χ4n) is 2.62. The smallest absolute Gasteiger partial charge is 0.317 e. The molecule has 0 radical (unpaired) electrons. The number of amides is 2. The number of piperazine rings is 1. The lowest BCUT2D eigenvalue weighted by Crippen LogP contribution is -2.53. The van der Waals surface area contributed by atoms with Gasteiger partial charge in [-0.25, -0.2) is 4.79 Å². The van der Waals surface area contributed by atoms with Gasteiger partial charge in [0.1, 0.15) is 5.78 Å². The predicted molar refractivity (Wildman–Crippen MR) is 71.2 cm³/mol. The van der Waals surface area contributed by atoms with Gasteiger partial charge in [-0.1, -0.05) is 0 Å². The van der Waals surface area contributed by atoms with Crippen LogP contribution in [-0.2, 0) is 14.3 Å². The molecule has 7 nitrogen and oxygen atoms in total. The number of fused-ring (bicyclic) bond motifs is 1. The molecule has 2 rings (SSSR count). The molecule has 2 aliphatic heterocycles. The summed E-state index contributed by atoms with van der Waals surface area (Å²) >= 11 is 0. The lowest BCUT2D eigenvalue weighted by molar-refractivity contribution is -0.144. The zero-order valence-electron chi connectivity index (χ0n) is 11.8. The fourth-order valence-corrected chi connectivity index (χ4v) is 2.62. The topological polar surface area (TPSA) is 79.0 Å². The Morgan fingerprint density at radius 2 is 2.15 bits per heavy atom. The monoisotopic (exact) mass is 283 g/mol. The summed E-state index contributed by atoms with van der Waals surface area (Å²) in [5, 5.41) is 2.80. The van der Waals surface area contributed by atoms with E-state index in [1.165, 1.54) is 0 Å². The minimum atomic E-state index is -0.323. The van der Waals surface area contributed by atoms with E-state index in [2.05, 4.69) is 10.2 Å². The molecular formula is C13H21N3O4. The third kappa shape index (κ3) is 3.69. The van der Waals surface area contributed by atoms with Gasteiger partial charge in [-0.05, 0) is 6.92 Å². The van der Waals surface area contributed by atoms with Gasteiger partial charge in [0.15, 0.2) is 0 Å². The summed E-state index contributed by atoms with van der Waals surface area (Å²) in [5.74, 6) is -0.278. The maximum absolute atomic E-state index is 11.8. The minimum Gasteiger partial charge on any atom is -0.466 e. The molecule has 0 spiro atoms. The number of nitrogens with zero attached hydrogens (tertiary/aromatic N) is 2. The minimum absolute atomic E-state index is 0.0108. The Morgan fingerprint density at radius 3 is 2.90 bits per heavy atom. The summed E-state index contributed by atoms with van der Waals surface area (Å²) in [5.41, 5.74) is 0. The summed E-state index contributed by atoms with van der Waals surface area (Å²) in [4.78, 5) is 38.3. The van der Waals surface area contributed by atoms with Gasteiger partial charge in [-0.3, -0.25) is 14.5 Å². The average molecular weight is 283 g/mol. The number of hydrogen-bond acceptors (Lipinski definition) is 5. The summed E-state index contributed by atoms with van der Waals surface area (Å²) in [6.45, 7) is 5.15. The Bertz CT molecular complexity index is 399. The van der Waals surface area contributed by atoms with Crippen LogP contribution in [0.2, 0.25) is 0 Å². The van der Waals surface area contributed by atoms with Crippen LogP contribution in [-0.4, -0.2) is 73.0 Å². The molecule has 2 amide bonds. The molecule has 0 aromatic rings. The van der Waals surface area contributed by atoms with E-state index in [-0.39, 0.29) is 36.7 Å². The molecule has 0 saturated carbocycles. The maximum atomic E-state index is 11.8. The second kappa shape index (κ2) is 6.69. The molecule has 0 aromatic heterocycles. The number of urea groups is 1. The highest BCUT2D eigenvalue weighted by molar-refractivity contribution is 5.84. The van der Waals surface area contributed by atoms with Crippen LogP contribution in [0.3, 0.4) is 0 Å². The molecule has 0 aliphatic carbocycles. The van der Waals surface area contributed by atoms with Crippen LogP contribution >= 0.6 is 0 Å². The lowest BCUT2D eigenvalue weighted by atomic mass is 10.1. The van der Waals surface area contributed by atoms with Crippen LogP contribution in [0.5, 0.6) is 0 Å². The Kier molecular flexibility index (Phi) is 4.94. The number of esters is 1. The average Bonchev–Trinajstić information content (AvgIpc) is 2.78. The van der Waals surface area contributed by atoms with E-state index in [0.29, 0.717) is 39.3 Å². The molecule has 1 atom stereocenters. The zero-order valence-corrected chi connectivity index (χ0v) is 11.8. The van der Waals surface area contributed by atoms with Crippen molar-refractivity contribution in [1.82, 2.24) is 15.1 Å². The van der Waals surface area contributed by atoms with E-state index in [0.717, 1.165) is 0 Å². The highest BCUT2D eigenvalue weighted by Crippen LogP contribution is 2.14. The Morgan fingerprint density at radius 1 is 1.35 bits per heavy atom. The van der Waals surface area contributed by atoms with Crippen LogP contribution in [0.4, 0.5) is 4.79 Å². The molecule has 2 heterocycles. The van der Waals surface area contributed by atoms with Crippen molar-refractivity contribution in [2.24, 2.45) is 0 Å². The number of ether oxygens (including phenoxy) is 1. The first kappa shape index (κ1) is 14.8. The third-order valence-corrected chi connectivity index (χ3v) is 3.63. The van der Waals surface area contributed by atoms with E-state index < -0.39 is 0 Å². The number of ketones is 1. The van der Waals surface area contributed by atoms with Crippen LogP contribution in [0.1, 0.15) is 19.8 Å². The maximum Gasteiger partial charge on any atom is 0.317 e. The number of carbonyl (C=O) groups is 3. The second-order valence-electron chi connectivity index (χ2n) is 5.11. The molecule has 2 saturated heterocycles. The molecular weight excluding hydrogens is 262 g/mol. The van der Waals surface area contributed by atoms with Gasteiger partial charge in [0, 0.05) is 32.6 Å². The molecule has 0 bridgehead atoms. The van der Waals surface area contributed by atoms with Gasteiger partial charge in [-0.2, -0.15) is 0 Å². The molecule has 20 heavy (non-hydrogen) atoms. The number of Topliss-reactive ketones (excluding diaryl/α,β-unsaturated/α-hetero) is 1. The van der Waals surface area contributed by atoms with Gasteiger partial charge in [0.2, 0.25) is 0 Å². The summed E-state index contributed by atoms with van der Waals surface area (Å²) < 4.78 is 4.79. The van der Waals surface area contributed by atoms with Crippen LogP contribution < -0.4 is 5.32 Å². The van der Waals surface area contributed by atoms with Gasteiger partial charge in [0.05, 0.1) is 25.6 Å². The summed E-state index contributed by atoms with van der Waals surface area (Å²) in [6, 6.07) is 0.150. The van der Waals surface area contributed by atoms with Gasteiger partial charge in [-0.15, -0.1) is 0 Å². The number of hydrogen-bond donors (Lipinski definition) is 1. The van der Waals surface area contributed by atoms with Gasteiger partial charge in [0.25, 0.3) is 0 Å². The van der Waals surface area contributed by atoms with Crippen LogP contribution in [0, 0.1) is 0 Å². The molecule has 1 N–H and O–H groups in total. The normalized spacial score (nSPS) is 22.4. The van der Waals surface area contributed by atoms with E-state index >= 15 is 0 Å². The van der Waals surface area contributed by atoms with E-state index in [9.17, 15) is 14.4 Å².